The molecule has 2 aromatic rings. The number of anilines is 2. The molecule has 4 nitrogen and oxygen atoms in total. The van der Waals surface area contributed by atoms with Crippen LogP contribution in [0.15, 0.2) is 18.3 Å². The molecule has 0 bridgehead atoms. The first kappa shape index (κ1) is 9.29. The third-order valence-corrected chi connectivity index (χ3v) is 2.69. The molecule has 0 spiro atoms. The van der Waals surface area contributed by atoms with Gasteiger partial charge in [-0.05, 0) is 31.3 Å². The maximum absolute atomic E-state index is 4.93. The normalized spacial score (nSPS) is 10.1. The molecule has 0 radical (unpaired) electrons. The van der Waals surface area contributed by atoms with Crippen molar-refractivity contribution in [3.8, 4) is 0 Å². The predicted molar refractivity (Wildman–Crippen MR) is 59.6 cm³/mol. The van der Waals surface area contributed by atoms with E-state index in [1.807, 2.05) is 19.1 Å². The molecule has 0 aromatic carbocycles. The molecule has 2 heterocycles. The van der Waals surface area contributed by atoms with Crippen molar-refractivity contribution in [2.24, 2.45) is 0 Å². The molecule has 0 aliphatic heterocycles. The molecule has 0 aliphatic carbocycles. The van der Waals surface area contributed by atoms with E-state index in [0.717, 1.165) is 16.5 Å². The van der Waals surface area contributed by atoms with Crippen LogP contribution >= 0.6 is 23.6 Å². The van der Waals surface area contributed by atoms with E-state index in [9.17, 15) is 0 Å². The van der Waals surface area contributed by atoms with E-state index in [1.165, 1.54) is 11.3 Å². The fourth-order valence-electron chi connectivity index (χ4n) is 1.01. The van der Waals surface area contributed by atoms with Crippen LogP contribution in [0.2, 0.25) is 0 Å². The molecule has 0 saturated heterocycles. The van der Waals surface area contributed by atoms with E-state index < -0.39 is 0 Å². The van der Waals surface area contributed by atoms with Gasteiger partial charge in [0.05, 0.1) is 11.4 Å². The Morgan fingerprint density at radius 2 is 2.43 bits per heavy atom. The van der Waals surface area contributed by atoms with E-state index in [1.54, 1.807) is 6.20 Å². The molecule has 0 unspecified atom stereocenters. The summed E-state index contributed by atoms with van der Waals surface area (Å²) >= 11 is 6.33. The Labute approximate surface area is 90.0 Å². The van der Waals surface area contributed by atoms with Gasteiger partial charge in [0.1, 0.15) is 0 Å². The molecule has 2 rings (SSSR count). The molecule has 0 fully saturated rings. The highest BCUT2D eigenvalue weighted by Gasteiger charge is 2.00. The fraction of sp³-hybridized carbons (Fsp3) is 0.125. The number of aryl methyl sites for hydroxylation is 1. The lowest BCUT2D eigenvalue weighted by Gasteiger charge is -2.03. The molecule has 14 heavy (non-hydrogen) atoms. The van der Waals surface area contributed by atoms with E-state index in [4.69, 9.17) is 12.2 Å². The van der Waals surface area contributed by atoms with Gasteiger partial charge in [0.15, 0.2) is 3.95 Å². The predicted octanol–water partition coefficient (Wildman–Crippen LogP) is 2.65. The lowest BCUT2D eigenvalue weighted by Crippen LogP contribution is -1.93. The Morgan fingerprint density at radius 3 is 3.07 bits per heavy atom. The minimum absolute atomic E-state index is 0.661. The van der Waals surface area contributed by atoms with Crippen molar-refractivity contribution in [3.05, 3.63) is 28.0 Å². The smallest absolute Gasteiger partial charge is 0.208 e. The van der Waals surface area contributed by atoms with Gasteiger partial charge in [0.2, 0.25) is 5.13 Å². The number of nitrogens with one attached hydrogen (secondary N) is 2. The summed E-state index contributed by atoms with van der Waals surface area (Å²) in [7, 11) is 0. The summed E-state index contributed by atoms with van der Waals surface area (Å²) in [5.41, 5.74) is 1.89. The number of hydrogen-bond acceptors (Lipinski definition) is 5. The molecule has 2 N–H and O–H groups in total. The molecule has 0 atom stereocenters. The molecule has 2 aromatic heterocycles. The largest absolute Gasteiger partial charge is 0.329 e. The molecular weight excluding hydrogens is 216 g/mol. The molecule has 72 valence electrons. The van der Waals surface area contributed by atoms with Crippen molar-refractivity contribution >= 4 is 34.4 Å². The topological polar surface area (TPSA) is 53.6 Å². The van der Waals surface area contributed by atoms with Crippen molar-refractivity contribution in [1.29, 1.82) is 0 Å². The fourth-order valence-corrected chi connectivity index (χ4v) is 1.82. The van der Waals surface area contributed by atoms with Crippen LogP contribution in [0.4, 0.5) is 10.8 Å². The van der Waals surface area contributed by atoms with Gasteiger partial charge < -0.3 is 5.32 Å². The average Bonchev–Trinajstić information content (AvgIpc) is 2.56. The van der Waals surface area contributed by atoms with Gasteiger partial charge >= 0.3 is 0 Å². The Hall–Kier alpha value is -1.27. The van der Waals surface area contributed by atoms with Gasteiger partial charge in [-0.1, -0.05) is 11.3 Å². The number of hydrogen-bond donors (Lipinski definition) is 2. The van der Waals surface area contributed by atoms with Crippen molar-refractivity contribution in [3.63, 3.8) is 0 Å². The summed E-state index contributed by atoms with van der Waals surface area (Å²) in [6, 6.07) is 3.83. The first-order valence-corrected chi connectivity index (χ1v) is 5.22. The highest BCUT2D eigenvalue weighted by molar-refractivity contribution is 7.73. The second kappa shape index (κ2) is 3.85. The van der Waals surface area contributed by atoms with E-state index in [0.29, 0.717) is 3.95 Å². The van der Waals surface area contributed by atoms with Crippen LogP contribution in [0.3, 0.4) is 0 Å². The van der Waals surface area contributed by atoms with Gasteiger partial charge in [-0.2, -0.15) is 0 Å². The number of pyridine rings is 1. The first-order chi connectivity index (χ1) is 6.75. The van der Waals surface area contributed by atoms with Crippen LogP contribution in [0, 0.1) is 10.9 Å². The maximum atomic E-state index is 4.93. The van der Waals surface area contributed by atoms with Gasteiger partial charge in [0, 0.05) is 6.20 Å². The Balaban J connectivity index is 2.27. The first-order valence-electron chi connectivity index (χ1n) is 4.00. The number of aromatic nitrogens is 3. The zero-order chi connectivity index (χ0) is 9.97. The van der Waals surface area contributed by atoms with Gasteiger partial charge in [-0.25, -0.2) is 0 Å². The van der Waals surface area contributed by atoms with Crippen molar-refractivity contribution in [2.45, 2.75) is 6.92 Å². The monoisotopic (exact) mass is 224 g/mol. The van der Waals surface area contributed by atoms with Crippen molar-refractivity contribution in [1.82, 2.24) is 15.2 Å². The quantitative estimate of drug-likeness (QED) is 0.770. The minimum atomic E-state index is 0.661. The van der Waals surface area contributed by atoms with Crippen LogP contribution in [-0.4, -0.2) is 15.2 Å². The third kappa shape index (κ3) is 1.97. The Bertz CT molecular complexity index is 488. The Kier molecular flexibility index (Phi) is 2.55. The number of nitrogens with zero attached hydrogens (tertiary/aromatic N) is 2. The number of aromatic amines is 1. The van der Waals surface area contributed by atoms with Gasteiger partial charge in [-0.15, -0.1) is 5.10 Å². The summed E-state index contributed by atoms with van der Waals surface area (Å²) < 4.78 is 0.661. The van der Waals surface area contributed by atoms with Gasteiger partial charge in [-0.3, -0.25) is 10.1 Å². The Morgan fingerprint density at radius 1 is 1.57 bits per heavy atom. The minimum Gasteiger partial charge on any atom is -0.329 e. The van der Waals surface area contributed by atoms with Crippen LogP contribution in [0.25, 0.3) is 0 Å². The summed E-state index contributed by atoms with van der Waals surface area (Å²) in [5.74, 6) is 0. The molecule has 6 heteroatoms. The highest BCUT2D eigenvalue weighted by atomic mass is 32.1. The number of H-pyrrole nitrogens is 1. The summed E-state index contributed by atoms with van der Waals surface area (Å²) in [6.45, 7) is 1.94. The third-order valence-electron chi connectivity index (χ3n) is 1.69. The van der Waals surface area contributed by atoms with Crippen molar-refractivity contribution < 1.29 is 0 Å². The van der Waals surface area contributed by atoms with Crippen molar-refractivity contribution in [2.75, 3.05) is 5.32 Å². The second-order valence-corrected chi connectivity index (χ2v) is 4.35. The van der Waals surface area contributed by atoms with Crippen LogP contribution < -0.4 is 5.32 Å². The summed E-state index contributed by atoms with van der Waals surface area (Å²) in [6.07, 6.45) is 1.76. The van der Waals surface area contributed by atoms with Crippen LogP contribution in [0.5, 0.6) is 0 Å². The summed E-state index contributed by atoms with van der Waals surface area (Å²) in [4.78, 5) is 4.16. The maximum Gasteiger partial charge on any atom is 0.208 e. The highest BCUT2D eigenvalue weighted by Crippen LogP contribution is 2.19. The zero-order valence-electron chi connectivity index (χ0n) is 7.44. The molecule has 0 aliphatic rings. The molecule has 0 amide bonds. The molecular formula is C8H8N4S2. The standard InChI is InChI=1S/C8H8N4S2/c1-5-6(3-2-4-9-5)10-7-11-12-8(13)14-7/h2-4H,1H3,(H,10,11)(H,12,13). The van der Waals surface area contributed by atoms with E-state index in [-0.39, 0.29) is 0 Å². The van der Waals surface area contributed by atoms with Crippen LogP contribution in [-0.2, 0) is 0 Å². The molecule has 0 saturated carbocycles. The van der Waals surface area contributed by atoms with Crippen LogP contribution in [0.1, 0.15) is 5.69 Å². The SMILES string of the molecule is Cc1ncccc1Nc1n[nH]c(=S)s1. The lowest BCUT2D eigenvalue weighted by molar-refractivity contribution is 1.08. The van der Waals surface area contributed by atoms with E-state index in [2.05, 4.69) is 20.5 Å². The second-order valence-electron chi connectivity index (χ2n) is 2.68. The average molecular weight is 224 g/mol. The van der Waals surface area contributed by atoms with Gasteiger partial charge in [0.25, 0.3) is 0 Å². The zero-order valence-corrected chi connectivity index (χ0v) is 9.08. The lowest BCUT2D eigenvalue weighted by atomic mass is 10.3. The van der Waals surface area contributed by atoms with E-state index >= 15 is 0 Å². The number of rotatable bonds is 2. The summed E-state index contributed by atoms with van der Waals surface area (Å²) in [5, 5.41) is 10.6.